The maximum Gasteiger partial charge on any atom is 0.200 e. The lowest BCUT2D eigenvalue weighted by Gasteiger charge is -2.18. The predicted molar refractivity (Wildman–Crippen MR) is 83.0 cm³/mol. The summed E-state index contributed by atoms with van der Waals surface area (Å²) >= 11 is 0. The Balaban J connectivity index is 2.73. The largest absolute Gasteiger partial charge is 0.206 e. The number of fused-ring (bicyclic) bond motifs is 1. The van der Waals surface area contributed by atoms with Gasteiger partial charge in [-0.25, -0.2) is 48.3 Å². The summed E-state index contributed by atoms with van der Waals surface area (Å²) in [6.45, 7) is 2.27. The Hall–Kier alpha value is -2.85. The van der Waals surface area contributed by atoms with E-state index in [1.165, 1.54) is 0 Å². The van der Waals surface area contributed by atoms with Gasteiger partial charge in [-0.05, 0) is 5.92 Å². The Bertz CT molecular complexity index is 1200. The molecule has 0 radical (unpaired) electrons. The van der Waals surface area contributed by atoms with E-state index >= 15 is 0 Å². The minimum Gasteiger partial charge on any atom is -0.206 e. The highest BCUT2D eigenvalue weighted by molar-refractivity contribution is 5.99. The van der Waals surface area contributed by atoms with Crippen molar-refractivity contribution in [3.63, 3.8) is 0 Å². The molecule has 0 heterocycles. The van der Waals surface area contributed by atoms with Crippen LogP contribution in [-0.4, -0.2) is 0 Å². The lowest BCUT2D eigenvalue weighted by atomic mass is 9.90. The summed E-state index contributed by atoms with van der Waals surface area (Å²) in [5.41, 5.74) is -5.39. The van der Waals surface area contributed by atoms with Crippen LogP contribution in [0, 0.1) is 64.0 Å². The zero-order chi connectivity index (χ0) is 22.8. The van der Waals surface area contributed by atoms with Gasteiger partial charge in [-0.15, -0.1) is 0 Å². The minimum absolute atomic E-state index is 1.10. The average Bonchev–Trinajstić information content (AvgIpc) is 2.68. The molecule has 3 aromatic rings. The van der Waals surface area contributed by atoms with E-state index < -0.39 is 97.4 Å². The van der Waals surface area contributed by atoms with E-state index in [1.54, 1.807) is 0 Å². The minimum atomic E-state index is -2.71. The number of rotatable bonds is 2. The molecular formula is C19H7F11. The molecule has 3 rings (SSSR count). The number of hydrogen-bond donors (Lipinski definition) is 0. The highest BCUT2D eigenvalue weighted by Gasteiger charge is 2.36. The zero-order valence-corrected chi connectivity index (χ0v) is 14.7. The fraction of sp³-hybridized carbons (Fsp3) is 0.158. The van der Waals surface area contributed by atoms with Crippen LogP contribution in [0.25, 0.3) is 21.9 Å². The molecule has 3 aromatic carbocycles. The topological polar surface area (TPSA) is 0 Å². The molecule has 0 nitrogen and oxygen atoms in total. The molecule has 0 aliphatic heterocycles. The van der Waals surface area contributed by atoms with Crippen molar-refractivity contribution in [2.75, 3.05) is 0 Å². The van der Waals surface area contributed by atoms with Crippen molar-refractivity contribution in [1.29, 1.82) is 0 Å². The molecule has 160 valence electrons. The molecule has 0 aromatic heterocycles. The average molecular weight is 444 g/mol. The number of hydrogen-bond acceptors (Lipinski definition) is 0. The first-order valence-electron chi connectivity index (χ1n) is 8.02. The molecule has 0 aliphatic carbocycles. The summed E-state index contributed by atoms with van der Waals surface area (Å²) < 4.78 is 155. The summed E-state index contributed by atoms with van der Waals surface area (Å²) in [4.78, 5) is 0. The van der Waals surface area contributed by atoms with Gasteiger partial charge < -0.3 is 0 Å². The van der Waals surface area contributed by atoms with E-state index in [0.717, 1.165) is 13.8 Å². The summed E-state index contributed by atoms with van der Waals surface area (Å²) in [7, 11) is 0. The third kappa shape index (κ3) is 2.74. The highest BCUT2D eigenvalue weighted by Crippen LogP contribution is 2.43. The molecule has 0 bridgehead atoms. The van der Waals surface area contributed by atoms with Crippen molar-refractivity contribution in [3.05, 3.63) is 69.6 Å². The van der Waals surface area contributed by atoms with E-state index in [9.17, 15) is 48.3 Å². The van der Waals surface area contributed by atoms with Crippen LogP contribution in [0.1, 0.15) is 25.3 Å². The van der Waals surface area contributed by atoms with E-state index in [4.69, 9.17) is 0 Å². The molecule has 0 saturated carbocycles. The van der Waals surface area contributed by atoms with Crippen LogP contribution < -0.4 is 0 Å². The summed E-state index contributed by atoms with van der Waals surface area (Å²) in [5.74, 6) is -28.4. The predicted octanol–water partition coefficient (Wildman–Crippen LogP) is 7.16. The molecule has 0 N–H and O–H groups in total. The monoisotopic (exact) mass is 444 g/mol. The van der Waals surface area contributed by atoms with Gasteiger partial charge >= 0.3 is 0 Å². The normalized spacial score (nSPS) is 11.8. The van der Waals surface area contributed by atoms with Gasteiger partial charge in [0, 0.05) is 16.5 Å². The van der Waals surface area contributed by atoms with E-state index in [0.29, 0.717) is 0 Å². The van der Waals surface area contributed by atoms with Gasteiger partial charge in [0.25, 0.3) is 0 Å². The SMILES string of the molecule is CC(C)c1c(F)c(F)c2c(-c3c(F)c(F)c(F)c(F)c3F)c(F)c(F)c(F)c2c1F. The first kappa shape index (κ1) is 21.8. The van der Waals surface area contributed by atoms with Crippen LogP contribution in [-0.2, 0) is 0 Å². The van der Waals surface area contributed by atoms with Crippen LogP contribution in [0.5, 0.6) is 0 Å². The van der Waals surface area contributed by atoms with Gasteiger partial charge in [-0.2, -0.15) is 0 Å². The third-order valence-electron chi connectivity index (χ3n) is 4.47. The smallest absolute Gasteiger partial charge is 0.200 e. The Kier molecular flexibility index (Phi) is 5.20. The second-order valence-electron chi connectivity index (χ2n) is 6.52. The Morgan fingerprint density at radius 1 is 0.367 bits per heavy atom. The second-order valence-corrected chi connectivity index (χ2v) is 6.52. The maximum absolute atomic E-state index is 14.7. The molecule has 0 atom stereocenters. The molecule has 0 amide bonds. The molecule has 0 saturated heterocycles. The van der Waals surface area contributed by atoms with Crippen molar-refractivity contribution in [2.45, 2.75) is 19.8 Å². The van der Waals surface area contributed by atoms with Crippen molar-refractivity contribution >= 4 is 10.8 Å². The molecule has 30 heavy (non-hydrogen) atoms. The van der Waals surface area contributed by atoms with Crippen LogP contribution >= 0.6 is 0 Å². The van der Waals surface area contributed by atoms with Gasteiger partial charge in [0.2, 0.25) is 5.82 Å². The Morgan fingerprint density at radius 2 is 0.733 bits per heavy atom. The second kappa shape index (κ2) is 7.13. The third-order valence-corrected chi connectivity index (χ3v) is 4.47. The van der Waals surface area contributed by atoms with Crippen molar-refractivity contribution in [1.82, 2.24) is 0 Å². The standard InChI is InChI=1S/C19H7F11/c1-3(2)4-9(20)7-5(11(22)10(4)21)6(12(23)16(27)13(7)24)8-14(25)17(28)19(30)18(29)15(8)26/h3H,1-2H3. The van der Waals surface area contributed by atoms with Crippen molar-refractivity contribution in [3.8, 4) is 11.1 Å². The first-order valence-corrected chi connectivity index (χ1v) is 8.02. The Labute approximate surface area is 160 Å². The van der Waals surface area contributed by atoms with Crippen molar-refractivity contribution in [2.24, 2.45) is 0 Å². The Morgan fingerprint density at radius 3 is 1.20 bits per heavy atom. The van der Waals surface area contributed by atoms with Crippen LogP contribution in [0.3, 0.4) is 0 Å². The number of halogens is 11. The molecular weight excluding hydrogens is 437 g/mol. The van der Waals surface area contributed by atoms with Gasteiger partial charge in [0.1, 0.15) is 5.82 Å². The molecule has 11 heteroatoms. The summed E-state index contributed by atoms with van der Waals surface area (Å²) in [6.07, 6.45) is 0. The van der Waals surface area contributed by atoms with Gasteiger partial charge in [-0.1, -0.05) is 13.8 Å². The summed E-state index contributed by atoms with van der Waals surface area (Å²) in [5, 5.41) is -3.62. The zero-order valence-electron chi connectivity index (χ0n) is 14.7. The van der Waals surface area contributed by atoms with Gasteiger partial charge in [0.05, 0.1) is 10.9 Å². The van der Waals surface area contributed by atoms with Crippen LogP contribution in [0.4, 0.5) is 48.3 Å². The van der Waals surface area contributed by atoms with E-state index in [2.05, 4.69) is 0 Å². The van der Waals surface area contributed by atoms with E-state index in [1.807, 2.05) is 0 Å². The lowest BCUT2D eigenvalue weighted by molar-refractivity contribution is 0.380. The van der Waals surface area contributed by atoms with Gasteiger partial charge in [-0.3, -0.25) is 0 Å². The maximum atomic E-state index is 14.7. The van der Waals surface area contributed by atoms with E-state index in [-0.39, 0.29) is 0 Å². The fourth-order valence-electron chi connectivity index (χ4n) is 3.11. The molecule has 0 aliphatic rings. The van der Waals surface area contributed by atoms with Crippen LogP contribution in [0.15, 0.2) is 0 Å². The fourth-order valence-corrected chi connectivity index (χ4v) is 3.11. The lowest BCUT2D eigenvalue weighted by Crippen LogP contribution is -2.11. The molecule has 0 fully saturated rings. The summed E-state index contributed by atoms with van der Waals surface area (Å²) in [6, 6.07) is 0. The molecule has 0 unspecified atom stereocenters. The van der Waals surface area contributed by atoms with Crippen LogP contribution in [0.2, 0.25) is 0 Å². The van der Waals surface area contributed by atoms with Gasteiger partial charge in [0.15, 0.2) is 52.4 Å². The first-order chi connectivity index (χ1) is 13.8. The quantitative estimate of drug-likeness (QED) is 0.224. The van der Waals surface area contributed by atoms with Crippen molar-refractivity contribution < 1.29 is 48.3 Å². The highest BCUT2D eigenvalue weighted by atomic mass is 19.2. The molecule has 0 spiro atoms. The number of benzene rings is 3.